The van der Waals surface area contributed by atoms with Crippen molar-refractivity contribution in [2.24, 2.45) is 0 Å². The van der Waals surface area contributed by atoms with Crippen LogP contribution in [0.4, 0.5) is 0 Å². The highest BCUT2D eigenvalue weighted by atomic mass is 16.5. The van der Waals surface area contributed by atoms with Gasteiger partial charge in [0.25, 0.3) is 0 Å². The maximum Gasteiger partial charge on any atom is 0.220 e. The zero-order valence-electron chi connectivity index (χ0n) is 13.9. The molecule has 0 saturated heterocycles. The summed E-state index contributed by atoms with van der Waals surface area (Å²) < 4.78 is 10.5. The fourth-order valence-corrected chi connectivity index (χ4v) is 2.44. The van der Waals surface area contributed by atoms with Crippen molar-refractivity contribution in [2.75, 3.05) is 14.2 Å². The van der Waals surface area contributed by atoms with E-state index < -0.39 is 0 Å². The van der Waals surface area contributed by atoms with Crippen LogP contribution in [0.15, 0.2) is 42.5 Å². The smallest absolute Gasteiger partial charge is 0.220 e. The van der Waals surface area contributed by atoms with Crippen LogP contribution in [-0.2, 0) is 17.8 Å². The number of amides is 1. The number of ether oxygens (including phenoxy) is 2. The summed E-state index contributed by atoms with van der Waals surface area (Å²) in [5.41, 5.74) is 3.33. The first kappa shape index (κ1) is 16.9. The first-order chi connectivity index (χ1) is 11.1. The zero-order valence-corrected chi connectivity index (χ0v) is 13.9. The number of methoxy groups -OCH3 is 2. The molecule has 0 radical (unpaired) electrons. The van der Waals surface area contributed by atoms with Crippen LogP contribution in [0.5, 0.6) is 11.5 Å². The molecule has 0 aliphatic carbocycles. The minimum absolute atomic E-state index is 0.0260. The quantitative estimate of drug-likeness (QED) is 0.853. The van der Waals surface area contributed by atoms with Gasteiger partial charge in [0.1, 0.15) is 11.5 Å². The molecule has 23 heavy (non-hydrogen) atoms. The monoisotopic (exact) mass is 313 g/mol. The lowest BCUT2D eigenvalue weighted by molar-refractivity contribution is -0.121. The number of hydrogen-bond donors (Lipinski definition) is 1. The highest BCUT2D eigenvalue weighted by Gasteiger charge is 2.08. The summed E-state index contributed by atoms with van der Waals surface area (Å²) in [7, 11) is 3.23. The standard InChI is InChI=1S/C19H23NO3/c1-14-6-4-5-7-15(14)8-11-19(21)20-13-16-12-17(22-2)9-10-18(16)23-3/h4-7,9-10,12H,8,11,13H2,1-3H3,(H,20,21). The van der Waals surface area contributed by atoms with Crippen molar-refractivity contribution < 1.29 is 14.3 Å². The van der Waals surface area contributed by atoms with Gasteiger partial charge in [0.15, 0.2) is 0 Å². The van der Waals surface area contributed by atoms with Crippen LogP contribution >= 0.6 is 0 Å². The highest BCUT2D eigenvalue weighted by Crippen LogP contribution is 2.23. The van der Waals surface area contributed by atoms with Gasteiger partial charge in [0, 0.05) is 18.5 Å². The van der Waals surface area contributed by atoms with Gasteiger partial charge >= 0.3 is 0 Å². The summed E-state index contributed by atoms with van der Waals surface area (Å²) in [6.45, 7) is 2.49. The molecule has 1 N–H and O–H groups in total. The molecule has 1 amide bonds. The van der Waals surface area contributed by atoms with Crippen molar-refractivity contribution in [3.8, 4) is 11.5 Å². The molecule has 0 aromatic heterocycles. The number of hydrogen-bond acceptors (Lipinski definition) is 3. The number of carbonyl (C=O) groups excluding carboxylic acids is 1. The Bertz CT molecular complexity index is 667. The van der Waals surface area contributed by atoms with Crippen LogP contribution in [0.3, 0.4) is 0 Å². The van der Waals surface area contributed by atoms with Crippen molar-refractivity contribution in [1.29, 1.82) is 0 Å². The molecule has 0 aliphatic heterocycles. The van der Waals surface area contributed by atoms with Crippen LogP contribution < -0.4 is 14.8 Å². The maximum atomic E-state index is 12.1. The molecule has 0 saturated carbocycles. The first-order valence-electron chi connectivity index (χ1n) is 7.66. The average molecular weight is 313 g/mol. The topological polar surface area (TPSA) is 47.6 Å². The van der Waals surface area contributed by atoms with E-state index in [2.05, 4.69) is 24.4 Å². The van der Waals surface area contributed by atoms with Crippen LogP contribution in [0, 0.1) is 6.92 Å². The van der Waals surface area contributed by atoms with Gasteiger partial charge in [-0.15, -0.1) is 0 Å². The highest BCUT2D eigenvalue weighted by molar-refractivity contribution is 5.76. The fourth-order valence-electron chi connectivity index (χ4n) is 2.44. The Labute approximate surface area is 137 Å². The van der Waals surface area contributed by atoms with E-state index in [9.17, 15) is 4.79 Å². The second-order valence-electron chi connectivity index (χ2n) is 5.38. The van der Waals surface area contributed by atoms with E-state index >= 15 is 0 Å². The van der Waals surface area contributed by atoms with Gasteiger partial charge in [-0.25, -0.2) is 0 Å². The molecule has 0 heterocycles. The Morgan fingerprint density at radius 1 is 1.04 bits per heavy atom. The predicted molar refractivity (Wildman–Crippen MR) is 90.9 cm³/mol. The fraction of sp³-hybridized carbons (Fsp3) is 0.316. The third-order valence-corrected chi connectivity index (χ3v) is 3.85. The molecule has 0 unspecified atom stereocenters. The molecule has 0 spiro atoms. The molecule has 0 bridgehead atoms. The van der Waals surface area contributed by atoms with Gasteiger partial charge in [-0.3, -0.25) is 4.79 Å². The number of carbonyl (C=O) groups is 1. The summed E-state index contributed by atoms with van der Waals surface area (Å²) in [6.07, 6.45) is 1.21. The molecule has 2 aromatic carbocycles. The predicted octanol–water partition coefficient (Wildman–Crippen LogP) is 3.26. The maximum absolute atomic E-state index is 12.1. The summed E-state index contributed by atoms with van der Waals surface area (Å²) >= 11 is 0. The number of rotatable bonds is 7. The van der Waals surface area contributed by atoms with Crippen molar-refractivity contribution >= 4 is 5.91 Å². The lowest BCUT2D eigenvalue weighted by atomic mass is 10.0. The van der Waals surface area contributed by atoms with Gasteiger partial charge < -0.3 is 14.8 Å². The molecule has 4 nitrogen and oxygen atoms in total. The second-order valence-corrected chi connectivity index (χ2v) is 5.38. The first-order valence-corrected chi connectivity index (χ1v) is 7.66. The van der Waals surface area contributed by atoms with E-state index in [4.69, 9.17) is 9.47 Å². The van der Waals surface area contributed by atoms with E-state index in [-0.39, 0.29) is 5.91 Å². The minimum atomic E-state index is 0.0260. The van der Waals surface area contributed by atoms with E-state index in [0.717, 1.165) is 23.5 Å². The minimum Gasteiger partial charge on any atom is -0.497 e. The van der Waals surface area contributed by atoms with Crippen molar-refractivity contribution in [3.05, 3.63) is 59.2 Å². The van der Waals surface area contributed by atoms with Crippen molar-refractivity contribution in [1.82, 2.24) is 5.32 Å². The summed E-state index contributed by atoms with van der Waals surface area (Å²) in [5, 5.41) is 2.94. The molecule has 2 rings (SSSR count). The summed E-state index contributed by atoms with van der Waals surface area (Å²) in [4.78, 5) is 12.1. The second kappa shape index (κ2) is 8.22. The van der Waals surface area contributed by atoms with Gasteiger partial charge in [-0.05, 0) is 42.7 Å². The van der Waals surface area contributed by atoms with Gasteiger partial charge in [0.05, 0.1) is 14.2 Å². The van der Waals surface area contributed by atoms with Crippen molar-refractivity contribution in [2.45, 2.75) is 26.3 Å². The molecule has 2 aromatic rings. The van der Waals surface area contributed by atoms with Crippen molar-refractivity contribution in [3.63, 3.8) is 0 Å². The molecule has 4 heteroatoms. The van der Waals surface area contributed by atoms with E-state index in [0.29, 0.717) is 13.0 Å². The van der Waals surface area contributed by atoms with Gasteiger partial charge in [0.2, 0.25) is 5.91 Å². The van der Waals surface area contributed by atoms with Crippen LogP contribution in [0.25, 0.3) is 0 Å². The van der Waals surface area contributed by atoms with Crippen LogP contribution in [0.1, 0.15) is 23.1 Å². The van der Waals surface area contributed by atoms with E-state index in [1.807, 2.05) is 30.3 Å². The third-order valence-electron chi connectivity index (χ3n) is 3.85. The molecular formula is C19H23NO3. The van der Waals surface area contributed by atoms with E-state index in [1.54, 1.807) is 14.2 Å². The normalized spacial score (nSPS) is 10.2. The molecule has 122 valence electrons. The van der Waals surface area contributed by atoms with Crippen LogP contribution in [0.2, 0.25) is 0 Å². The Morgan fingerprint density at radius 2 is 1.83 bits per heavy atom. The van der Waals surface area contributed by atoms with Crippen LogP contribution in [-0.4, -0.2) is 20.1 Å². The summed E-state index contributed by atoms with van der Waals surface area (Å²) in [6, 6.07) is 13.7. The number of nitrogens with one attached hydrogen (secondary N) is 1. The third kappa shape index (κ3) is 4.74. The largest absolute Gasteiger partial charge is 0.497 e. The lowest BCUT2D eigenvalue weighted by Crippen LogP contribution is -2.23. The number of benzene rings is 2. The SMILES string of the molecule is COc1ccc(OC)c(CNC(=O)CCc2ccccc2C)c1. The van der Waals surface area contributed by atoms with Gasteiger partial charge in [-0.1, -0.05) is 24.3 Å². The Morgan fingerprint density at radius 3 is 2.52 bits per heavy atom. The molecule has 0 atom stereocenters. The number of aryl methyl sites for hydroxylation is 2. The molecule has 0 aliphatic rings. The average Bonchev–Trinajstić information content (AvgIpc) is 2.58. The molecular weight excluding hydrogens is 290 g/mol. The zero-order chi connectivity index (χ0) is 16.7. The Hall–Kier alpha value is -2.49. The lowest BCUT2D eigenvalue weighted by Gasteiger charge is -2.12. The Kier molecular flexibility index (Phi) is 6.03. The van der Waals surface area contributed by atoms with Gasteiger partial charge in [-0.2, -0.15) is 0 Å². The molecule has 0 fully saturated rings. The Balaban J connectivity index is 1.90. The summed E-state index contributed by atoms with van der Waals surface area (Å²) in [5.74, 6) is 1.51. The van der Waals surface area contributed by atoms with E-state index in [1.165, 1.54) is 11.1 Å².